The van der Waals surface area contributed by atoms with Gasteiger partial charge in [0.25, 0.3) is 5.91 Å². The molecule has 0 radical (unpaired) electrons. The first kappa shape index (κ1) is 21.0. The number of halogens is 1. The van der Waals surface area contributed by atoms with Crippen LogP contribution < -0.4 is 15.4 Å². The van der Waals surface area contributed by atoms with Crippen molar-refractivity contribution in [2.24, 2.45) is 5.92 Å². The number of nitrogens with zero attached hydrogens (tertiary/aromatic N) is 1. The van der Waals surface area contributed by atoms with Crippen molar-refractivity contribution in [1.29, 1.82) is 0 Å². The highest BCUT2D eigenvalue weighted by molar-refractivity contribution is 6.01. The SMILES string of the molecule is COc1ccccc1-c1cc(NC(=O)C(NC(=O)c2ccc(F)cc2)C(C)C)n[nH]1. The normalized spacial score (nSPS) is 11.8. The van der Waals surface area contributed by atoms with Crippen molar-refractivity contribution in [1.82, 2.24) is 15.5 Å². The Bertz CT molecular complexity index is 1030. The molecule has 2 aromatic carbocycles. The third kappa shape index (κ3) is 4.83. The average Bonchev–Trinajstić information content (AvgIpc) is 3.20. The molecule has 3 aromatic rings. The first-order valence-electron chi connectivity index (χ1n) is 9.45. The molecule has 30 heavy (non-hydrogen) atoms. The molecule has 1 heterocycles. The molecule has 0 bridgehead atoms. The number of amides is 2. The van der Waals surface area contributed by atoms with Gasteiger partial charge in [-0.2, -0.15) is 5.10 Å². The maximum Gasteiger partial charge on any atom is 0.251 e. The van der Waals surface area contributed by atoms with Crippen LogP contribution in [-0.4, -0.2) is 35.2 Å². The van der Waals surface area contributed by atoms with Crippen LogP contribution in [0.5, 0.6) is 5.75 Å². The van der Waals surface area contributed by atoms with Crippen LogP contribution in [0.15, 0.2) is 54.6 Å². The van der Waals surface area contributed by atoms with Crippen LogP contribution in [0.25, 0.3) is 11.3 Å². The van der Waals surface area contributed by atoms with E-state index in [4.69, 9.17) is 4.74 Å². The average molecular weight is 410 g/mol. The smallest absolute Gasteiger partial charge is 0.251 e. The number of aromatic nitrogens is 2. The lowest BCUT2D eigenvalue weighted by Gasteiger charge is -2.21. The monoisotopic (exact) mass is 410 g/mol. The minimum absolute atomic E-state index is 0.179. The molecule has 0 saturated heterocycles. The number of hydrogen-bond donors (Lipinski definition) is 3. The van der Waals surface area contributed by atoms with E-state index >= 15 is 0 Å². The zero-order valence-electron chi connectivity index (χ0n) is 16.9. The summed E-state index contributed by atoms with van der Waals surface area (Å²) in [6, 6.07) is 13.5. The standard InChI is InChI=1S/C22H23FN4O3/c1-13(2)20(25-21(28)14-8-10-15(23)11-9-14)22(29)24-19-12-17(26-27-19)16-6-4-5-7-18(16)30-3/h4-13,20H,1-3H3,(H,25,28)(H2,24,26,27,29). The van der Waals surface area contributed by atoms with Crippen LogP contribution in [0.3, 0.4) is 0 Å². The Kier molecular flexibility index (Phi) is 6.46. The van der Waals surface area contributed by atoms with Gasteiger partial charge in [0.2, 0.25) is 5.91 Å². The zero-order chi connectivity index (χ0) is 21.7. The van der Waals surface area contributed by atoms with Crippen molar-refractivity contribution < 1.29 is 18.7 Å². The lowest BCUT2D eigenvalue weighted by Crippen LogP contribution is -2.47. The number of hydrogen-bond acceptors (Lipinski definition) is 4. The van der Waals surface area contributed by atoms with Crippen molar-refractivity contribution in [3.8, 4) is 17.0 Å². The minimum atomic E-state index is -0.797. The topological polar surface area (TPSA) is 96.1 Å². The van der Waals surface area contributed by atoms with E-state index in [2.05, 4.69) is 20.8 Å². The number of aromatic amines is 1. The zero-order valence-corrected chi connectivity index (χ0v) is 16.9. The van der Waals surface area contributed by atoms with E-state index in [9.17, 15) is 14.0 Å². The molecular weight excluding hydrogens is 387 g/mol. The molecule has 8 heteroatoms. The summed E-state index contributed by atoms with van der Waals surface area (Å²) in [5.41, 5.74) is 1.75. The molecule has 3 N–H and O–H groups in total. The third-order valence-corrected chi connectivity index (χ3v) is 4.57. The third-order valence-electron chi connectivity index (χ3n) is 4.57. The molecule has 1 aromatic heterocycles. The summed E-state index contributed by atoms with van der Waals surface area (Å²) in [7, 11) is 1.58. The summed E-state index contributed by atoms with van der Waals surface area (Å²) in [6.07, 6.45) is 0. The first-order valence-corrected chi connectivity index (χ1v) is 9.45. The number of para-hydroxylation sites is 1. The van der Waals surface area contributed by atoms with E-state index in [1.807, 2.05) is 38.1 Å². The summed E-state index contributed by atoms with van der Waals surface area (Å²) in [5, 5.41) is 12.4. The van der Waals surface area contributed by atoms with E-state index in [-0.39, 0.29) is 11.5 Å². The van der Waals surface area contributed by atoms with Gasteiger partial charge >= 0.3 is 0 Å². The van der Waals surface area contributed by atoms with Gasteiger partial charge in [0.1, 0.15) is 17.6 Å². The summed E-state index contributed by atoms with van der Waals surface area (Å²) >= 11 is 0. The molecular formula is C22H23FN4O3. The van der Waals surface area contributed by atoms with E-state index in [0.717, 1.165) is 5.56 Å². The second kappa shape index (κ2) is 9.21. The Labute approximate surface area is 173 Å². The Morgan fingerprint density at radius 3 is 2.47 bits per heavy atom. The molecule has 156 valence electrons. The second-order valence-corrected chi connectivity index (χ2v) is 7.06. The summed E-state index contributed by atoms with van der Waals surface area (Å²) in [5.74, 6) is -0.483. The van der Waals surface area contributed by atoms with Gasteiger partial charge in [0.05, 0.1) is 12.8 Å². The molecule has 7 nitrogen and oxygen atoms in total. The number of carbonyl (C=O) groups is 2. The van der Waals surface area contributed by atoms with Gasteiger partial charge in [0, 0.05) is 17.2 Å². The Morgan fingerprint density at radius 2 is 1.80 bits per heavy atom. The second-order valence-electron chi connectivity index (χ2n) is 7.06. The number of ether oxygens (including phenoxy) is 1. The van der Waals surface area contributed by atoms with Gasteiger partial charge in [-0.1, -0.05) is 26.0 Å². The molecule has 1 atom stereocenters. The number of benzene rings is 2. The van der Waals surface area contributed by atoms with E-state index in [1.54, 1.807) is 13.2 Å². The van der Waals surface area contributed by atoms with Crippen molar-refractivity contribution in [3.63, 3.8) is 0 Å². The number of carbonyl (C=O) groups excluding carboxylic acids is 2. The summed E-state index contributed by atoms with van der Waals surface area (Å²) < 4.78 is 18.4. The Hall–Kier alpha value is -3.68. The van der Waals surface area contributed by atoms with Crippen LogP contribution in [0, 0.1) is 11.7 Å². The predicted molar refractivity (Wildman–Crippen MR) is 112 cm³/mol. The summed E-state index contributed by atoms with van der Waals surface area (Å²) in [6.45, 7) is 3.64. The minimum Gasteiger partial charge on any atom is -0.496 e. The van der Waals surface area contributed by atoms with Gasteiger partial charge in [-0.3, -0.25) is 14.7 Å². The number of nitrogens with one attached hydrogen (secondary N) is 3. The maximum atomic E-state index is 13.1. The lowest BCUT2D eigenvalue weighted by molar-refractivity contribution is -0.118. The number of anilines is 1. The van der Waals surface area contributed by atoms with Crippen molar-refractivity contribution in [2.45, 2.75) is 19.9 Å². The van der Waals surface area contributed by atoms with Crippen LogP contribution in [0.4, 0.5) is 10.2 Å². The van der Waals surface area contributed by atoms with Crippen LogP contribution in [0.1, 0.15) is 24.2 Å². The van der Waals surface area contributed by atoms with Gasteiger partial charge in [-0.25, -0.2) is 4.39 Å². The molecule has 0 aliphatic heterocycles. The van der Waals surface area contributed by atoms with Crippen LogP contribution in [-0.2, 0) is 4.79 Å². The molecule has 0 aliphatic rings. The fourth-order valence-corrected chi connectivity index (χ4v) is 2.96. The van der Waals surface area contributed by atoms with Crippen LogP contribution in [0.2, 0.25) is 0 Å². The lowest BCUT2D eigenvalue weighted by atomic mass is 10.0. The fraction of sp³-hybridized carbons (Fsp3) is 0.227. The quantitative estimate of drug-likeness (QED) is 0.554. The highest BCUT2D eigenvalue weighted by Crippen LogP contribution is 2.29. The van der Waals surface area contributed by atoms with Gasteiger partial charge in [-0.15, -0.1) is 0 Å². The van der Waals surface area contributed by atoms with Gasteiger partial charge in [-0.05, 0) is 42.3 Å². The predicted octanol–water partition coefficient (Wildman–Crippen LogP) is 3.62. The maximum absolute atomic E-state index is 13.1. The van der Waals surface area contributed by atoms with E-state index in [1.165, 1.54) is 24.3 Å². The molecule has 0 spiro atoms. The number of H-pyrrole nitrogens is 1. The molecule has 3 rings (SSSR count). The Balaban J connectivity index is 1.72. The molecule has 0 fully saturated rings. The summed E-state index contributed by atoms with van der Waals surface area (Å²) in [4.78, 5) is 25.2. The van der Waals surface area contributed by atoms with Crippen molar-refractivity contribution >= 4 is 17.6 Å². The molecule has 0 saturated carbocycles. The van der Waals surface area contributed by atoms with Gasteiger partial charge < -0.3 is 15.4 Å². The first-order chi connectivity index (χ1) is 14.4. The van der Waals surface area contributed by atoms with Crippen molar-refractivity contribution in [3.05, 3.63) is 66.0 Å². The molecule has 2 amide bonds. The number of methoxy groups -OCH3 is 1. The Morgan fingerprint density at radius 1 is 1.10 bits per heavy atom. The highest BCUT2D eigenvalue weighted by atomic mass is 19.1. The molecule has 1 unspecified atom stereocenters. The van der Waals surface area contributed by atoms with E-state index in [0.29, 0.717) is 17.3 Å². The largest absolute Gasteiger partial charge is 0.496 e. The van der Waals surface area contributed by atoms with Crippen LogP contribution >= 0.6 is 0 Å². The van der Waals surface area contributed by atoms with Gasteiger partial charge in [0.15, 0.2) is 5.82 Å². The van der Waals surface area contributed by atoms with Crippen molar-refractivity contribution in [2.75, 3.05) is 12.4 Å². The highest BCUT2D eigenvalue weighted by Gasteiger charge is 2.25. The molecule has 0 aliphatic carbocycles. The van der Waals surface area contributed by atoms with E-state index < -0.39 is 23.7 Å². The number of rotatable bonds is 7. The fourth-order valence-electron chi connectivity index (χ4n) is 2.96.